The summed E-state index contributed by atoms with van der Waals surface area (Å²) in [4.78, 5) is 27.4. The molecule has 7 heteroatoms. The lowest BCUT2D eigenvalue weighted by Gasteiger charge is -2.03. The predicted molar refractivity (Wildman–Crippen MR) is 111 cm³/mol. The average Bonchev–Trinajstić information content (AvgIpc) is 2.97. The number of fused-ring (bicyclic) bond motifs is 1. The van der Waals surface area contributed by atoms with E-state index < -0.39 is 10.8 Å². The molecular weight excluding hydrogens is 374 g/mol. The van der Waals surface area contributed by atoms with Crippen molar-refractivity contribution in [2.24, 2.45) is 4.99 Å². The van der Waals surface area contributed by atoms with Gasteiger partial charge in [0, 0.05) is 18.2 Å². The van der Waals surface area contributed by atoms with Crippen molar-refractivity contribution >= 4 is 39.2 Å². The molecule has 0 saturated heterocycles. The third-order valence-electron chi connectivity index (χ3n) is 4.25. The van der Waals surface area contributed by atoms with Crippen molar-refractivity contribution in [3.63, 3.8) is 0 Å². The Morgan fingerprint density at radius 1 is 1.32 bits per heavy atom. The van der Waals surface area contributed by atoms with Gasteiger partial charge in [-0.05, 0) is 48.7 Å². The van der Waals surface area contributed by atoms with Gasteiger partial charge >= 0.3 is 0 Å². The Bertz CT molecular complexity index is 1230. The molecule has 0 fully saturated rings. The molecule has 1 heterocycles. The second-order valence-corrected chi connectivity index (χ2v) is 7.22. The zero-order valence-corrected chi connectivity index (χ0v) is 16.2. The minimum absolute atomic E-state index is 0.0337. The third kappa shape index (κ3) is 4.08. The normalized spacial score (nSPS) is 11.8. The SMILES string of the molecule is C#CCn1c(=NC(=O)/C=C/c2cccc([N+](=O)[O-])c2)sc2cc(C)c(C)cc21. The molecule has 0 radical (unpaired) electrons. The highest BCUT2D eigenvalue weighted by atomic mass is 32.1. The summed E-state index contributed by atoms with van der Waals surface area (Å²) in [6, 6.07) is 10.1. The van der Waals surface area contributed by atoms with Crippen LogP contribution < -0.4 is 4.80 Å². The maximum Gasteiger partial charge on any atom is 0.272 e. The number of thiazole rings is 1. The van der Waals surface area contributed by atoms with E-state index in [9.17, 15) is 14.9 Å². The molecule has 3 rings (SSSR count). The quantitative estimate of drug-likeness (QED) is 0.292. The lowest BCUT2D eigenvalue weighted by Crippen LogP contribution is -2.15. The van der Waals surface area contributed by atoms with Gasteiger partial charge in [-0.1, -0.05) is 29.4 Å². The molecule has 6 nitrogen and oxygen atoms in total. The van der Waals surface area contributed by atoms with Gasteiger partial charge in [0.2, 0.25) is 0 Å². The van der Waals surface area contributed by atoms with E-state index in [0.29, 0.717) is 16.9 Å². The number of aromatic nitrogens is 1. The molecule has 0 atom stereocenters. The number of aryl methyl sites for hydroxylation is 2. The number of hydrogen-bond acceptors (Lipinski definition) is 4. The molecule has 28 heavy (non-hydrogen) atoms. The Morgan fingerprint density at radius 2 is 2.07 bits per heavy atom. The average molecular weight is 391 g/mol. The summed E-state index contributed by atoms with van der Waals surface area (Å²) in [5.74, 6) is 2.14. The highest BCUT2D eigenvalue weighted by Crippen LogP contribution is 2.22. The molecule has 1 aromatic heterocycles. The van der Waals surface area contributed by atoms with E-state index in [-0.39, 0.29) is 5.69 Å². The van der Waals surface area contributed by atoms with Crippen molar-refractivity contribution in [1.29, 1.82) is 0 Å². The monoisotopic (exact) mass is 391 g/mol. The standard InChI is InChI=1S/C21H17N3O3S/c1-4-10-23-18-11-14(2)15(3)12-19(18)28-21(23)22-20(25)9-8-16-6-5-7-17(13-16)24(26)27/h1,5-9,11-13H,10H2,2-3H3/b9-8+,22-21?. The van der Waals surface area contributed by atoms with Crippen molar-refractivity contribution in [3.05, 3.63) is 74.1 Å². The van der Waals surface area contributed by atoms with Gasteiger partial charge in [-0.3, -0.25) is 14.9 Å². The van der Waals surface area contributed by atoms with Crippen LogP contribution in [0.25, 0.3) is 16.3 Å². The summed E-state index contributed by atoms with van der Waals surface area (Å²) in [5, 5.41) is 10.8. The Kier molecular flexibility index (Phi) is 5.52. The van der Waals surface area contributed by atoms with Crippen molar-refractivity contribution in [2.75, 3.05) is 0 Å². The first-order valence-corrected chi connectivity index (χ1v) is 9.26. The first kappa shape index (κ1) is 19.3. The first-order chi connectivity index (χ1) is 13.4. The largest absolute Gasteiger partial charge is 0.305 e. The summed E-state index contributed by atoms with van der Waals surface area (Å²) in [6.45, 7) is 4.36. The molecule has 0 spiro atoms. The summed E-state index contributed by atoms with van der Waals surface area (Å²) in [7, 11) is 0. The van der Waals surface area contributed by atoms with Crippen molar-refractivity contribution < 1.29 is 9.72 Å². The van der Waals surface area contributed by atoms with E-state index in [1.165, 1.54) is 35.6 Å². The van der Waals surface area contributed by atoms with Crippen molar-refractivity contribution in [2.45, 2.75) is 20.4 Å². The number of nitro groups is 1. The first-order valence-electron chi connectivity index (χ1n) is 8.44. The van der Waals surface area contributed by atoms with Crippen LogP contribution in [0.5, 0.6) is 0 Å². The van der Waals surface area contributed by atoms with E-state index in [0.717, 1.165) is 21.3 Å². The highest BCUT2D eigenvalue weighted by molar-refractivity contribution is 7.16. The molecule has 140 valence electrons. The fourth-order valence-corrected chi connectivity index (χ4v) is 3.81. The molecule has 0 aliphatic heterocycles. The Labute approximate surface area is 165 Å². The van der Waals surface area contributed by atoms with E-state index in [1.54, 1.807) is 12.1 Å². The number of terminal acetylenes is 1. The second-order valence-electron chi connectivity index (χ2n) is 6.21. The highest BCUT2D eigenvalue weighted by Gasteiger charge is 2.09. The summed E-state index contributed by atoms with van der Waals surface area (Å²) in [5.41, 5.74) is 3.76. The van der Waals surface area contributed by atoms with E-state index in [1.807, 2.05) is 24.5 Å². The Balaban J connectivity index is 1.98. The minimum Gasteiger partial charge on any atom is -0.305 e. The number of amides is 1. The van der Waals surface area contributed by atoms with Crippen LogP contribution in [0.2, 0.25) is 0 Å². The van der Waals surface area contributed by atoms with Crippen LogP contribution >= 0.6 is 11.3 Å². The van der Waals surface area contributed by atoms with Crippen LogP contribution in [0, 0.1) is 36.3 Å². The van der Waals surface area contributed by atoms with Crippen molar-refractivity contribution in [3.8, 4) is 12.3 Å². The van der Waals surface area contributed by atoms with Crippen LogP contribution in [0.15, 0.2) is 47.5 Å². The van der Waals surface area contributed by atoms with Crippen LogP contribution in [-0.2, 0) is 11.3 Å². The number of nitrogens with zero attached hydrogens (tertiary/aromatic N) is 3. The molecule has 0 aliphatic rings. The number of benzene rings is 2. The smallest absolute Gasteiger partial charge is 0.272 e. The summed E-state index contributed by atoms with van der Waals surface area (Å²) in [6.07, 6.45) is 8.29. The van der Waals surface area contributed by atoms with Crippen molar-refractivity contribution in [1.82, 2.24) is 4.57 Å². The molecule has 0 bridgehead atoms. The second kappa shape index (κ2) is 8.03. The van der Waals surface area contributed by atoms with Crippen LogP contribution in [0.4, 0.5) is 5.69 Å². The Hall–Kier alpha value is -3.50. The molecule has 1 amide bonds. The topological polar surface area (TPSA) is 77.5 Å². The number of carbonyl (C=O) groups is 1. The van der Waals surface area contributed by atoms with Gasteiger partial charge < -0.3 is 4.57 Å². The maximum atomic E-state index is 12.3. The summed E-state index contributed by atoms with van der Waals surface area (Å²) < 4.78 is 2.85. The van der Waals surface area contributed by atoms with E-state index in [4.69, 9.17) is 6.42 Å². The van der Waals surface area contributed by atoms with Gasteiger partial charge in [0.1, 0.15) is 0 Å². The van der Waals surface area contributed by atoms with Gasteiger partial charge in [0.15, 0.2) is 4.80 Å². The lowest BCUT2D eigenvalue weighted by molar-refractivity contribution is -0.384. The van der Waals surface area contributed by atoms with E-state index in [2.05, 4.69) is 17.0 Å². The van der Waals surface area contributed by atoms with Gasteiger partial charge in [-0.2, -0.15) is 4.99 Å². The molecule has 0 aliphatic carbocycles. The van der Waals surface area contributed by atoms with Gasteiger partial charge in [-0.15, -0.1) is 6.42 Å². The molecule has 0 N–H and O–H groups in total. The van der Waals surface area contributed by atoms with Gasteiger partial charge in [-0.25, -0.2) is 0 Å². The lowest BCUT2D eigenvalue weighted by atomic mass is 10.1. The fraction of sp³-hybridized carbons (Fsp3) is 0.143. The zero-order valence-electron chi connectivity index (χ0n) is 15.4. The van der Waals surface area contributed by atoms with Gasteiger partial charge in [0.25, 0.3) is 11.6 Å². The number of hydrogen-bond donors (Lipinski definition) is 0. The number of carbonyl (C=O) groups excluding carboxylic acids is 1. The third-order valence-corrected chi connectivity index (χ3v) is 5.29. The van der Waals surface area contributed by atoms with E-state index >= 15 is 0 Å². The number of non-ortho nitro benzene ring substituents is 1. The maximum absolute atomic E-state index is 12.3. The number of nitro benzene ring substituents is 1. The van der Waals surface area contributed by atoms with Gasteiger partial charge in [0.05, 0.1) is 21.7 Å². The molecular formula is C21H17N3O3S. The zero-order chi connectivity index (χ0) is 20.3. The van der Waals surface area contributed by atoms with Crippen LogP contribution in [-0.4, -0.2) is 15.4 Å². The fourth-order valence-electron chi connectivity index (χ4n) is 2.69. The van der Waals surface area contributed by atoms with Crippen LogP contribution in [0.3, 0.4) is 0 Å². The predicted octanol–water partition coefficient (Wildman–Crippen LogP) is 4.00. The molecule has 0 unspecified atom stereocenters. The molecule has 3 aromatic rings. The molecule has 2 aromatic carbocycles. The molecule has 0 saturated carbocycles. The van der Waals surface area contributed by atoms with Crippen LogP contribution in [0.1, 0.15) is 16.7 Å². The summed E-state index contributed by atoms with van der Waals surface area (Å²) >= 11 is 1.40. The minimum atomic E-state index is -0.479. The number of rotatable bonds is 4. The Morgan fingerprint density at radius 3 is 2.79 bits per heavy atom.